The molecule has 1 fully saturated rings. The van der Waals surface area contributed by atoms with Crippen molar-refractivity contribution < 1.29 is 31.8 Å². The molecule has 0 bridgehead atoms. The number of hydrogen-bond donors (Lipinski definition) is 2. The van der Waals surface area contributed by atoms with Crippen LogP contribution in [0, 0.1) is 11.6 Å². The van der Waals surface area contributed by atoms with Gasteiger partial charge < -0.3 is 14.6 Å². The largest absolute Gasteiger partial charge is 0.502 e. The first-order valence-corrected chi connectivity index (χ1v) is 7.93. The van der Waals surface area contributed by atoms with Crippen LogP contribution in [0.25, 0.3) is 11.3 Å². The van der Waals surface area contributed by atoms with Gasteiger partial charge in [-0.25, -0.2) is 21.5 Å². The van der Waals surface area contributed by atoms with E-state index in [-0.39, 0.29) is 12.3 Å². The maximum atomic E-state index is 13.8. The third kappa shape index (κ3) is 2.08. The number of anilines is 1. The third-order valence-electron chi connectivity index (χ3n) is 3.36. The molecule has 118 valence electrons. The molecule has 0 spiro atoms. The van der Waals surface area contributed by atoms with Gasteiger partial charge in [-0.3, -0.25) is 0 Å². The van der Waals surface area contributed by atoms with Gasteiger partial charge in [0.05, 0.1) is 11.3 Å². The lowest BCUT2D eigenvalue weighted by atomic mass is 10.1. The second-order valence-corrected chi connectivity index (χ2v) is 6.78. The maximum absolute atomic E-state index is 13.8. The molecule has 0 amide bonds. The van der Waals surface area contributed by atoms with Crippen molar-refractivity contribution in [1.29, 1.82) is 0 Å². The molecule has 0 radical (unpaired) electrons. The highest BCUT2D eigenvalue weighted by Crippen LogP contribution is 2.49. The summed E-state index contributed by atoms with van der Waals surface area (Å²) in [5, 5.41) is 19.7. The van der Waals surface area contributed by atoms with Gasteiger partial charge in [0.25, 0.3) is 5.88 Å². The van der Waals surface area contributed by atoms with Gasteiger partial charge in [0.1, 0.15) is 11.6 Å². The van der Waals surface area contributed by atoms with E-state index in [1.165, 1.54) is 0 Å². The smallest absolute Gasteiger partial charge is 0.256 e. The van der Waals surface area contributed by atoms with Crippen LogP contribution in [0.1, 0.15) is 6.42 Å². The van der Waals surface area contributed by atoms with Crippen molar-refractivity contribution in [2.24, 2.45) is 0 Å². The molecular formula is C13H11F2NO5S. The van der Waals surface area contributed by atoms with Crippen molar-refractivity contribution in [1.82, 2.24) is 0 Å². The van der Waals surface area contributed by atoms with Gasteiger partial charge in [-0.05, 0) is 18.6 Å². The second-order valence-electron chi connectivity index (χ2n) is 4.77. The molecular weight excluding hydrogens is 320 g/mol. The molecule has 1 saturated heterocycles. The molecule has 22 heavy (non-hydrogen) atoms. The number of aromatic hydroxyl groups is 2. The Morgan fingerprint density at radius 1 is 1.14 bits per heavy atom. The van der Waals surface area contributed by atoms with E-state index < -0.39 is 50.4 Å². The normalized spacial score (nSPS) is 17.1. The standard InChI is InChI=1S/C13H11F2NO5S/c14-7-3-1-4-8(15)9(7)12-10(17)11(18)13(21-12)16-5-2-6-22(16,19)20/h1,3-4,17-18H,2,5-6H2. The van der Waals surface area contributed by atoms with Crippen LogP contribution in [0.4, 0.5) is 14.7 Å². The van der Waals surface area contributed by atoms with Crippen LogP contribution in [0.3, 0.4) is 0 Å². The van der Waals surface area contributed by atoms with E-state index in [1.54, 1.807) is 0 Å². The minimum absolute atomic E-state index is 0.0437. The Labute approximate surface area is 124 Å². The van der Waals surface area contributed by atoms with Crippen LogP contribution in [-0.4, -0.2) is 30.9 Å². The lowest BCUT2D eigenvalue weighted by Crippen LogP contribution is -2.24. The quantitative estimate of drug-likeness (QED) is 0.880. The second kappa shape index (κ2) is 4.87. The topological polar surface area (TPSA) is 91.0 Å². The van der Waals surface area contributed by atoms with Crippen LogP contribution < -0.4 is 4.31 Å². The third-order valence-corrected chi connectivity index (χ3v) is 5.18. The maximum Gasteiger partial charge on any atom is 0.256 e. The Kier molecular flexibility index (Phi) is 3.24. The van der Waals surface area contributed by atoms with Gasteiger partial charge in [0.2, 0.25) is 21.5 Å². The number of halogens is 2. The molecule has 1 aliphatic rings. The molecule has 2 heterocycles. The fourth-order valence-corrected chi connectivity index (χ4v) is 3.82. The summed E-state index contributed by atoms with van der Waals surface area (Å²) in [4.78, 5) is 0. The molecule has 1 aromatic heterocycles. The number of nitrogens with zero attached hydrogens (tertiary/aromatic N) is 1. The van der Waals surface area contributed by atoms with E-state index in [0.717, 1.165) is 22.5 Å². The fourth-order valence-electron chi connectivity index (χ4n) is 2.32. The Morgan fingerprint density at radius 3 is 2.32 bits per heavy atom. The first-order chi connectivity index (χ1) is 10.3. The van der Waals surface area contributed by atoms with Crippen LogP contribution in [0.15, 0.2) is 22.6 Å². The first kappa shape index (κ1) is 14.6. The SMILES string of the molecule is O=S1(=O)CCCN1c1oc(-c2c(F)cccc2F)c(O)c1O. The Balaban J connectivity index is 2.19. The van der Waals surface area contributed by atoms with Crippen molar-refractivity contribution >= 4 is 15.9 Å². The van der Waals surface area contributed by atoms with E-state index in [9.17, 15) is 27.4 Å². The highest BCUT2D eigenvalue weighted by molar-refractivity contribution is 7.93. The summed E-state index contributed by atoms with van der Waals surface area (Å²) in [7, 11) is -3.69. The van der Waals surface area contributed by atoms with Gasteiger partial charge in [0, 0.05) is 6.54 Å². The lowest BCUT2D eigenvalue weighted by molar-refractivity contribution is 0.409. The summed E-state index contributed by atoms with van der Waals surface area (Å²) in [6.45, 7) is 0.0437. The van der Waals surface area contributed by atoms with Crippen molar-refractivity contribution in [3.05, 3.63) is 29.8 Å². The van der Waals surface area contributed by atoms with Crippen molar-refractivity contribution in [2.45, 2.75) is 6.42 Å². The number of sulfonamides is 1. The molecule has 0 saturated carbocycles. The average molecular weight is 331 g/mol. The van der Waals surface area contributed by atoms with E-state index in [1.807, 2.05) is 0 Å². The van der Waals surface area contributed by atoms with E-state index in [2.05, 4.69) is 0 Å². The minimum atomic E-state index is -3.69. The van der Waals surface area contributed by atoms with E-state index >= 15 is 0 Å². The fraction of sp³-hybridized carbons (Fsp3) is 0.231. The zero-order valence-electron chi connectivity index (χ0n) is 11.1. The Hall–Kier alpha value is -2.29. The average Bonchev–Trinajstić information content (AvgIpc) is 2.92. The van der Waals surface area contributed by atoms with E-state index in [0.29, 0.717) is 6.42 Å². The zero-order chi connectivity index (χ0) is 16.1. The van der Waals surface area contributed by atoms with Gasteiger partial charge >= 0.3 is 0 Å². The number of benzene rings is 1. The van der Waals surface area contributed by atoms with Crippen LogP contribution >= 0.6 is 0 Å². The highest BCUT2D eigenvalue weighted by atomic mass is 32.2. The summed E-state index contributed by atoms with van der Waals surface area (Å²) < 4.78 is 57.0. The van der Waals surface area contributed by atoms with Crippen molar-refractivity contribution in [3.8, 4) is 22.8 Å². The summed E-state index contributed by atoms with van der Waals surface area (Å²) in [6.07, 6.45) is 0.312. The number of furan rings is 1. The van der Waals surface area contributed by atoms with Crippen LogP contribution in [0.2, 0.25) is 0 Å². The Bertz CT molecular complexity index is 826. The van der Waals surface area contributed by atoms with Crippen LogP contribution in [-0.2, 0) is 10.0 Å². The van der Waals surface area contributed by atoms with Crippen molar-refractivity contribution in [3.63, 3.8) is 0 Å². The molecule has 0 unspecified atom stereocenters. The molecule has 0 aliphatic carbocycles. The van der Waals surface area contributed by atoms with Crippen LogP contribution in [0.5, 0.6) is 11.5 Å². The molecule has 6 nitrogen and oxygen atoms in total. The van der Waals surface area contributed by atoms with Gasteiger partial charge in [-0.2, -0.15) is 0 Å². The van der Waals surface area contributed by atoms with Gasteiger partial charge in [-0.15, -0.1) is 0 Å². The molecule has 0 atom stereocenters. The predicted octanol–water partition coefficient (Wildman–Crippen LogP) is 2.18. The summed E-state index contributed by atoms with van der Waals surface area (Å²) >= 11 is 0. The number of rotatable bonds is 2. The summed E-state index contributed by atoms with van der Waals surface area (Å²) in [6, 6.07) is 3.02. The Morgan fingerprint density at radius 2 is 1.77 bits per heavy atom. The molecule has 9 heteroatoms. The van der Waals surface area contributed by atoms with Crippen molar-refractivity contribution in [2.75, 3.05) is 16.6 Å². The monoisotopic (exact) mass is 331 g/mol. The summed E-state index contributed by atoms with van der Waals surface area (Å²) in [5.41, 5.74) is -0.682. The first-order valence-electron chi connectivity index (χ1n) is 6.32. The molecule has 1 aromatic carbocycles. The molecule has 1 aliphatic heterocycles. The lowest BCUT2D eigenvalue weighted by Gasteiger charge is -2.12. The molecule has 3 rings (SSSR count). The van der Waals surface area contributed by atoms with Gasteiger partial charge in [-0.1, -0.05) is 6.07 Å². The number of hydrogen-bond acceptors (Lipinski definition) is 5. The molecule has 2 aromatic rings. The van der Waals surface area contributed by atoms with E-state index in [4.69, 9.17) is 4.42 Å². The molecule has 2 N–H and O–H groups in total. The minimum Gasteiger partial charge on any atom is -0.502 e. The predicted molar refractivity (Wildman–Crippen MR) is 73.1 cm³/mol. The zero-order valence-corrected chi connectivity index (χ0v) is 11.9. The van der Waals surface area contributed by atoms with Gasteiger partial charge in [0.15, 0.2) is 5.76 Å². The highest BCUT2D eigenvalue weighted by Gasteiger charge is 2.36. The summed E-state index contributed by atoms with van der Waals surface area (Å²) in [5.74, 6) is -5.17.